The van der Waals surface area contributed by atoms with Gasteiger partial charge in [-0.2, -0.15) is 0 Å². The minimum Gasteiger partial charge on any atom is -0.451 e. The Kier molecular flexibility index (Phi) is 4.42. The molecule has 0 amide bonds. The molecule has 1 aromatic heterocycles. The lowest BCUT2D eigenvalue weighted by Crippen LogP contribution is -2.20. The van der Waals surface area contributed by atoms with Crippen LogP contribution in [0.2, 0.25) is 0 Å². The van der Waals surface area contributed by atoms with E-state index in [4.69, 9.17) is 10.2 Å². The Labute approximate surface area is 121 Å². The molecular formula is C12H11Br2FN2O. The molecule has 1 heterocycles. The van der Waals surface area contributed by atoms with Crippen molar-refractivity contribution < 1.29 is 8.81 Å². The molecule has 0 aliphatic carbocycles. The molecule has 0 saturated carbocycles. The summed E-state index contributed by atoms with van der Waals surface area (Å²) < 4.78 is 20.0. The first-order valence-corrected chi connectivity index (χ1v) is 6.85. The standard InChI is InChI=1S/C12H11Br2FN2O/c13-9-5-11(18-12(9)14)10(6-16)17-8-3-1-2-7(15)4-8/h1-5,10,17H,6,16H2. The zero-order valence-electron chi connectivity index (χ0n) is 9.29. The van der Waals surface area contributed by atoms with Crippen molar-refractivity contribution in [1.82, 2.24) is 0 Å². The van der Waals surface area contributed by atoms with Crippen LogP contribution in [0.15, 0.2) is 43.9 Å². The molecule has 0 radical (unpaired) electrons. The van der Waals surface area contributed by atoms with Gasteiger partial charge < -0.3 is 15.5 Å². The summed E-state index contributed by atoms with van der Waals surface area (Å²) in [4.78, 5) is 0. The van der Waals surface area contributed by atoms with E-state index >= 15 is 0 Å². The van der Waals surface area contributed by atoms with E-state index in [2.05, 4.69) is 37.2 Å². The molecule has 1 unspecified atom stereocenters. The molecule has 3 N–H and O–H groups in total. The summed E-state index contributed by atoms with van der Waals surface area (Å²) in [6, 6.07) is 7.83. The van der Waals surface area contributed by atoms with Crippen molar-refractivity contribution in [3.05, 3.63) is 51.1 Å². The second-order valence-corrected chi connectivity index (χ2v) is 5.29. The summed E-state index contributed by atoms with van der Waals surface area (Å²) in [6.45, 7) is 0.336. The van der Waals surface area contributed by atoms with Crippen molar-refractivity contribution in [1.29, 1.82) is 0 Å². The summed E-state index contributed by atoms with van der Waals surface area (Å²) in [6.07, 6.45) is 0. The second kappa shape index (κ2) is 5.86. The van der Waals surface area contributed by atoms with Gasteiger partial charge in [0.2, 0.25) is 0 Å². The number of hydrogen-bond donors (Lipinski definition) is 2. The van der Waals surface area contributed by atoms with Gasteiger partial charge in [-0.15, -0.1) is 0 Å². The first kappa shape index (κ1) is 13.6. The van der Waals surface area contributed by atoms with Crippen LogP contribution in [-0.2, 0) is 0 Å². The van der Waals surface area contributed by atoms with E-state index in [9.17, 15) is 4.39 Å². The van der Waals surface area contributed by atoms with E-state index < -0.39 is 0 Å². The smallest absolute Gasteiger partial charge is 0.183 e. The van der Waals surface area contributed by atoms with Crippen molar-refractivity contribution in [3.8, 4) is 0 Å². The molecule has 1 atom stereocenters. The summed E-state index contributed by atoms with van der Waals surface area (Å²) in [5.74, 6) is 0.387. The fourth-order valence-corrected chi connectivity index (χ4v) is 2.17. The highest BCUT2D eigenvalue weighted by Gasteiger charge is 2.16. The predicted molar refractivity (Wildman–Crippen MR) is 75.9 cm³/mol. The Balaban J connectivity index is 2.19. The van der Waals surface area contributed by atoms with Gasteiger partial charge in [-0.3, -0.25) is 0 Å². The van der Waals surface area contributed by atoms with Crippen molar-refractivity contribution in [3.63, 3.8) is 0 Å². The quantitative estimate of drug-likeness (QED) is 0.844. The zero-order chi connectivity index (χ0) is 13.1. The van der Waals surface area contributed by atoms with E-state index in [-0.39, 0.29) is 11.9 Å². The number of nitrogens with one attached hydrogen (secondary N) is 1. The Morgan fingerprint density at radius 2 is 2.11 bits per heavy atom. The van der Waals surface area contributed by atoms with E-state index in [1.165, 1.54) is 12.1 Å². The van der Waals surface area contributed by atoms with Crippen LogP contribution >= 0.6 is 31.9 Å². The van der Waals surface area contributed by atoms with Gasteiger partial charge in [-0.1, -0.05) is 6.07 Å². The van der Waals surface area contributed by atoms with Crippen molar-refractivity contribution in [2.75, 3.05) is 11.9 Å². The fourth-order valence-electron chi connectivity index (χ4n) is 1.56. The van der Waals surface area contributed by atoms with E-state index in [1.54, 1.807) is 12.1 Å². The number of rotatable bonds is 4. The highest BCUT2D eigenvalue weighted by Crippen LogP contribution is 2.31. The minimum absolute atomic E-state index is 0.214. The normalized spacial score (nSPS) is 12.4. The number of benzene rings is 1. The Morgan fingerprint density at radius 3 is 2.67 bits per heavy atom. The number of anilines is 1. The van der Waals surface area contributed by atoms with Crippen molar-refractivity contribution in [2.24, 2.45) is 5.73 Å². The summed E-state index contributed by atoms with van der Waals surface area (Å²) in [7, 11) is 0. The van der Waals surface area contributed by atoms with Crippen LogP contribution in [-0.4, -0.2) is 6.54 Å². The molecule has 0 spiro atoms. The zero-order valence-corrected chi connectivity index (χ0v) is 12.5. The fraction of sp³-hybridized carbons (Fsp3) is 0.167. The SMILES string of the molecule is NCC(Nc1cccc(F)c1)c1cc(Br)c(Br)o1. The van der Waals surface area contributed by atoms with Gasteiger partial charge >= 0.3 is 0 Å². The van der Waals surface area contributed by atoms with E-state index in [0.717, 1.165) is 4.47 Å². The number of hydrogen-bond acceptors (Lipinski definition) is 3. The molecule has 96 valence electrons. The van der Waals surface area contributed by atoms with E-state index in [1.807, 2.05) is 6.07 Å². The highest BCUT2D eigenvalue weighted by atomic mass is 79.9. The van der Waals surface area contributed by atoms with Gasteiger partial charge in [0.25, 0.3) is 0 Å². The molecule has 18 heavy (non-hydrogen) atoms. The van der Waals surface area contributed by atoms with Crippen LogP contribution in [0.1, 0.15) is 11.8 Å². The average molecular weight is 378 g/mol. The molecule has 1 aromatic carbocycles. The average Bonchev–Trinajstić information content (AvgIpc) is 2.66. The predicted octanol–water partition coefficient (Wildman–Crippen LogP) is 4.06. The molecule has 0 bridgehead atoms. The van der Waals surface area contributed by atoms with Crippen molar-refractivity contribution >= 4 is 37.5 Å². The van der Waals surface area contributed by atoms with Gasteiger partial charge in [0.05, 0.1) is 10.5 Å². The lowest BCUT2D eigenvalue weighted by Gasteiger charge is -2.15. The maximum absolute atomic E-state index is 13.1. The highest BCUT2D eigenvalue weighted by molar-refractivity contribution is 9.13. The molecule has 0 fully saturated rings. The molecule has 3 nitrogen and oxygen atoms in total. The van der Waals surface area contributed by atoms with Crippen molar-refractivity contribution in [2.45, 2.75) is 6.04 Å². The minimum atomic E-state index is -0.294. The molecule has 2 aromatic rings. The molecule has 0 aliphatic rings. The largest absolute Gasteiger partial charge is 0.451 e. The van der Waals surface area contributed by atoms with Crippen LogP contribution in [0, 0.1) is 5.82 Å². The number of nitrogens with two attached hydrogens (primary N) is 1. The Bertz CT molecular complexity index is 525. The number of halogens is 3. The Hall–Kier alpha value is -0.850. The van der Waals surface area contributed by atoms with Gasteiger partial charge in [0, 0.05) is 12.2 Å². The van der Waals surface area contributed by atoms with Crippen LogP contribution < -0.4 is 11.1 Å². The van der Waals surface area contributed by atoms with Gasteiger partial charge in [0.1, 0.15) is 11.6 Å². The first-order chi connectivity index (χ1) is 8.60. The Morgan fingerprint density at radius 1 is 1.33 bits per heavy atom. The first-order valence-electron chi connectivity index (χ1n) is 5.27. The van der Waals surface area contributed by atoms with Crippen LogP contribution in [0.4, 0.5) is 10.1 Å². The summed E-state index contributed by atoms with van der Waals surface area (Å²) in [5, 5.41) is 3.13. The summed E-state index contributed by atoms with van der Waals surface area (Å²) >= 11 is 6.61. The third kappa shape index (κ3) is 3.13. The van der Waals surface area contributed by atoms with Crippen LogP contribution in [0.25, 0.3) is 0 Å². The van der Waals surface area contributed by atoms with Gasteiger partial charge in [-0.25, -0.2) is 4.39 Å². The molecule has 0 aliphatic heterocycles. The molecule has 2 rings (SSSR count). The molecular weight excluding hydrogens is 367 g/mol. The van der Waals surface area contributed by atoms with E-state index in [0.29, 0.717) is 22.7 Å². The number of furan rings is 1. The monoisotopic (exact) mass is 376 g/mol. The summed E-state index contributed by atoms with van der Waals surface area (Å²) in [5.41, 5.74) is 6.36. The van der Waals surface area contributed by atoms with Gasteiger partial charge in [0.15, 0.2) is 4.67 Å². The lowest BCUT2D eigenvalue weighted by atomic mass is 10.2. The molecule has 0 saturated heterocycles. The lowest BCUT2D eigenvalue weighted by molar-refractivity contribution is 0.462. The van der Waals surface area contributed by atoms with Crippen LogP contribution in [0.3, 0.4) is 0 Å². The third-order valence-electron chi connectivity index (χ3n) is 2.41. The molecule has 6 heteroatoms. The second-order valence-electron chi connectivity index (χ2n) is 3.71. The maximum atomic E-state index is 13.1. The third-order valence-corrected chi connectivity index (χ3v) is 4.12. The van der Waals surface area contributed by atoms with Gasteiger partial charge in [-0.05, 0) is 56.1 Å². The maximum Gasteiger partial charge on any atom is 0.183 e. The topological polar surface area (TPSA) is 51.2 Å². The van der Waals surface area contributed by atoms with Crippen LogP contribution in [0.5, 0.6) is 0 Å².